The maximum Gasteiger partial charge on any atom is 0.255 e. The molecule has 0 saturated carbocycles. The van der Waals surface area contributed by atoms with Gasteiger partial charge in [-0.05, 0) is 25.3 Å². The van der Waals surface area contributed by atoms with Crippen molar-refractivity contribution in [3.63, 3.8) is 0 Å². The molecule has 0 spiro atoms. The van der Waals surface area contributed by atoms with Gasteiger partial charge >= 0.3 is 0 Å². The maximum absolute atomic E-state index is 13.7. The molecule has 0 radical (unpaired) electrons. The highest BCUT2D eigenvalue weighted by molar-refractivity contribution is 6.01. The number of hydrogen-bond acceptors (Lipinski definition) is 5. The third kappa shape index (κ3) is 5.03. The number of pyridine rings is 1. The Morgan fingerprint density at radius 1 is 1.43 bits per heavy atom. The van der Waals surface area contributed by atoms with E-state index in [0.29, 0.717) is 12.1 Å². The van der Waals surface area contributed by atoms with E-state index < -0.39 is 17.7 Å². The Labute approximate surface area is 162 Å². The molecule has 3 N–H and O–H groups in total. The maximum atomic E-state index is 13.7. The quantitative estimate of drug-likeness (QED) is 0.721. The van der Waals surface area contributed by atoms with Crippen LogP contribution < -0.4 is 16.0 Å². The summed E-state index contributed by atoms with van der Waals surface area (Å²) >= 11 is 0. The highest BCUT2D eigenvalue weighted by Crippen LogP contribution is 2.31. The van der Waals surface area contributed by atoms with E-state index in [-0.39, 0.29) is 61.3 Å². The molecule has 150 valence electrons. The first kappa shape index (κ1) is 21.3. The minimum Gasteiger partial charge on any atom is -0.366 e. The Morgan fingerprint density at radius 3 is 2.79 bits per heavy atom. The zero-order valence-corrected chi connectivity index (χ0v) is 15.7. The summed E-state index contributed by atoms with van der Waals surface area (Å²) < 4.78 is 27.4. The molecule has 0 unspecified atom stereocenters. The lowest BCUT2D eigenvalue weighted by atomic mass is 10.0. The number of nitrogens with one attached hydrogen (secondary N) is 1. The predicted molar refractivity (Wildman–Crippen MR) is 100.0 cm³/mol. The van der Waals surface area contributed by atoms with E-state index in [1.165, 1.54) is 6.20 Å². The highest BCUT2D eigenvalue weighted by Gasteiger charge is 2.33. The fourth-order valence-electron chi connectivity index (χ4n) is 3.03. The second-order valence-corrected chi connectivity index (χ2v) is 6.78. The third-order valence-electron chi connectivity index (χ3n) is 4.74. The van der Waals surface area contributed by atoms with Crippen LogP contribution in [0, 0.1) is 18.3 Å². The van der Waals surface area contributed by atoms with Crippen molar-refractivity contribution in [2.24, 2.45) is 5.73 Å². The van der Waals surface area contributed by atoms with Crippen molar-refractivity contribution in [2.45, 2.75) is 38.5 Å². The van der Waals surface area contributed by atoms with Crippen LogP contribution in [-0.4, -0.2) is 42.4 Å². The fraction of sp³-hybridized carbons (Fsp3) is 0.474. The molecule has 1 aromatic heterocycles. The monoisotopic (exact) mass is 391 g/mol. The molecule has 1 aromatic rings. The lowest BCUT2D eigenvalue weighted by Crippen LogP contribution is -2.33. The van der Waals surface area contributed by atoms with Gasteiger partial charge in [0, 0.05) is 44.2 Å². The van der Waals surface area contributed by atoms with Crippen molar-refractivity contribution in [1.82, 2.24) is 10.3 Å². The molecule has 0 bridgehead atoms. The Hall–Kier alpha value is -3.02. The third-order valence-corrected chi connectivity index (χ3v) is 4.74. The first-order chi connectivity index (χ1) is 13.2. The van der Waals surface area contributed by atoms with Gasteiger partial charge in [0.1, 0.15) is 11.9 Å². The van der Waals surface area contributed by atoms with E-state index in [0.717, 1.165) is 0 Å². The second-order valence-electron chi connectivity index (χ2n) is 6.78. The van der Waals surface area contributed by atoms with Crippen molar-refractivity contribution in [1.29, 1.82) is 5.26 Å². The Morgan fingerprint density at radius 2 is 2.14 bits per heavy atom. The van der Waals surface area contributed by atoms with Crippen molar-refractivity contribution < 1.29 is 18.4 Å². The van der Waals surface area contributed by atoms with Crippen LogP contribution in [0.15, 0.2) is 18.3 Å². The van der Waals surface area contributed by atoms with Gasteiger partial charge in [-0.3, -0.25) is 9.59 Å². The minimum absolute atomic E-state index is 0.0596. The molecule has 1 saturated heterocycles. The molecule has 2 amide bonds. The molecule has 0 aromatic carbocycles. The van der Waals surface area contributed by atoms with Gasteiger partial charge in [0.15, 0.2) is 0 Å². The molecule has 2 rings (SSSR count). The number of amides is 2. The van der Waals surface area contributed by atoms with Gasteiger partial charge in [0.2, 0.25) is 11.8 Å². The average molecular weight is 391 g/mol. The molecule has 1 fully saturated rings. The summed E-state index contributed by atoms with van der Waals surface area (Å²) in [6.07, 6.45) is 1.26. The number of nitrogens with two attached hydrogens (primary N) is 1. The fourth-order valence-corrected chi connectivity index (χ4v) is 3.03. The van der Waals surface area contributed by atoms with Crippen molar-refractivity contribution >= 4 is 17.6 Å². The molecule has 1 aliphatic heterocycles. The van der Waals surface area contributed by atoms with E-state index in [1.807, 2.05) is 6.07 Å². The highest BCUT2D eigenvalue weighted by atomic mass is 19.3. The summed E-state index contributed by atoms with van der Waals surface area (Å²) in [7, 11) is 0. The van der Waals surface area contributed by atoms with Crippen LogP contribution in [0.4, 0.5) is 14.6 Å². The second kappa shape index (κ2) is 8.78. The van der Waals surface area contributed by atoms with Crippen LogP contribution in [0.1, 0.15) is 47.2 Å². The number of nitriles is 1. The molecule has 0 atom stereocenters. The van der Waals surface area contributed by atoms with Crippen LogP contribution >= 0.6 is 0 Å². The van der Waals surface area contributed by atoms with Gasteiger partial charge in [-0.15, -0.1) is 0 Å². The SMILES string of the molecule is C=C(CCNC(=O)c1c(N2CCCC(F)(F)CC2)ncc(C#N)c1C)C(N)=O. The molecule has 7 nitrogen and oxygen atoms in total. The normalized spacial score (nSPS) is 16.0. The van der Waals surface area contributed by atoms with Crippen LogP contribution in [0.2, 0.25) is 0 Å². The van der Waals surface area contributed by atoms with Gasteiger partial charge < -0.3 is 16.0 Å². The number of halogens is 2. The minimum atomic E-state index is -2.74. The summed E-state index contributed by atoms with van der Waals surface area (Å²) in [6.45, 7) is 5.66. The predicted octanol–water partition coefficient (Wildman–Crippen LogP) is 2.05. The lowest BCUT2D eigenvalue weighted by Gasteiger charge is -2.25. The van der Waals surface area contributed by atoms with Crippen LogP contribution in [0.25, 0.3) is 0 Å². The summed E-state index contributed by atoms with van der Waals surface area (Å²) in [4.78, 5) is 29.7. The number of aromatic nitrogens is 1. The zero-order valence-electron chi connectivity index (χ0n) is 15.7. The molecule has 9 heteroatoms. The Bertz CT molecular complexity index is 832. The van der Waals surface area contributed by atoms with Gasteiger partial charge in [0.25, 0.3) is 5.91 Å². The van der Waals surface area contributed by atoms with E-state index in [1.54, 1.807) is 11.8 Å². The van der Waals surface area contributed by atoms with E-state index in [4.69, 9.17) is 5.73 Å². The number of alkyl halides is 2. The molecule has 2 heterocycles. The lowest BCUT2D eigenvalue weighted by molar-refractivity contribution is -0.114. The number of rotatable bonds is 6. The van der Waals surface area contributed by atoms with Crippen LogP contribution in [0.5, 0.6) is 0 Å². The smallest absolute Gasteiger partial charge is 0.255 e. The van der Waals surface area contributed by atoms with Gasteiger partial charge in [0.05, 0.1) is 11.1 Å². The molecular formula is C19H23F2N5O2. The summed E-state index contributed by atoms with van der Waals surface area (Å²) in [6, 6.07) is 1.98. The first-order valence-electron chi connectivity index (χ1n) is 8.94. The number of hydrogen-bond donors (Lipinski definition) is 2. The van der Waals surface area contributed by atoms with Crippen molar-refractivity contribution in [2.75, 3.05) is 24.5 Å². The Balaban J connectivity index is 2.28. The number of carbonyl (C=O) groups excluding carboxylic acids is 2. The van der Waals surface area contributed by atoms with E-state index in [9.17, 15) is 23.6 Å². The standard InChI is InChI=1S/C19H23F2N5O2/c1-12(16(23)27)4-7-24-18(28)15-13(2)14(10-22)11-25-17(15)26-8-3-5-19(20,21)6-9-26/h11H,1,3-9H2,2H3,(H2,23,27)(H,24,28). The Kier molecular flexibility index (Phi) is 6.67. The van der Waals surface area contributed by atoms with Crippen molar-refractivity contribution in [3.05, 3.63) is 35.0 Å². The average Bonchev–Trinajstić information content (AvgIpc) is 2.81. The molecule has 1 aliphatic rings. The summed E-state index contributed by atoms with van der Waals surface area (Å²) in [5.41, 5.74) is 6.13. The van der Waals surface area contributed by atoms with Crippen LogP contribution in [-0.2, 0) is 4.79 Å². The van der Waals surface area contributed by atoms with Gasteiger partial charge in [-0.2, -0.15) is 5.26 Å². The number of anilines is 1. The zero-order chi connectivity index (χ0) is 20.9. The number of primary amides is 1. The topological polar surface area (TPSA) is 112 Å². The molecule has 0 aliphatic carbocycles. The van der Waals surface area contributed by atoms with E-state index >= 15 is 0 Å². The number of nitrogens with zero attached hydrogens (tertiary/aromatic N) is 3. The number of carbonyl (C=O) groups is 2. The van der Waals surface area contributed by atoms with Crippen LogP contribution in [0.3, 0.4) is 0 Å². The molecule has 28 heavy (non-hydrogen) atoms. The first-order valence-corrected chi connectivity index (χ1v) is 8.94. The van der Waals surface area contributed by atoms with Crippen molar-refractivity contribution in [3.8, 4) is 6.07 Å². The van der Waals surface area contributed by atoms with E-state index in [2.05, 4.69) is 16.9 Å². The van der Waals surface area contributed by atoms with Gasteiger partial charge in [-0.25, -0.2) is 13.8 Å². The van der Waals surface area contributed by atoms with Gasteiger partial charge in [-0.1, -0.05) is 6.58 Å². The summed E-state index contributed by atoms with van der Waals surface area (Å²) in [5, 5.41) is 11.9. The molecular weight excluding hydrogens is 368 g/mol. The summed E-state index contributed by atoms with van der Waals surface area (Å²) in [5.74, 6) is -3.61. The largest absolute Gasteiger partial charge is 0.366 e.